The van der Waals surface area contributed by atoms with Crippen LogP contribution in [0, 0.1) is 0 Å². The standard InChI is InChI=1S/C21H23NO4/c23-20(24)14-26-19-10-4-15(5-11-19)12-13-22-21(25)18-8-6-17(7-9-18)16-2-1-3-16/h4-11,16H,1-3,12-14H2,(H,22,25)(H,23,24). The number of carboxylic acid groups (broad SMARTS) is 1. The second kappa shape index (κ2) is 8.52. The number of benzene rings is 2. The summed E-state index contributed by atoms with van der Waals surface area (Å²) in [7, 11) is 0. The minimum atomic E-state index is -1.00. The molecule has 1 aliphatic rings. The molecule has 0 bridgehead atoms. The molecule has 1 amide bonds. The number of amides is 1. The maximum atomic E-state index is 12.2. The van der Waals surface area contributed by atoms with E-state index in [0.717, 1.165) is 5.56 Å². The molecule has 0 saturated heterocycles. The first-order valence-electron chi connectivity index (χ1n) is 8.93. The molecule has 1 saturated carbocycles. The highest BCUT2D eigenvalue weighted by atomic mass is 16.5. The number of hydrogen-bond donors (Lipinski definition) is 2. The molecular formula is C21H23NO4. The zero-order valence-corrected chi connectivity index (χ0v) is 14.6. The van der Waals surface area contributed by atoms with Gasteiger partial charge in [-0.25, -0.2) is 4.79 Å². The molecule has 2 aromatic carbocycles. The molecule has 0 heterocycles. The number of nitrogens with one attached hydrogen (secondary N) is 1. The summed E-state index contributed by atoms with van der Waals surface area (Å²) < 4.78 is 5.09. The summed E-state index contributed by atoms with van der Waals surface area (Å²) in [6.07, 6.45) is 4.52. The molecule has 0 atom stereocenters. The van der Waals surface area contributed by atoms with Gasteiger partial charge in [0.2, 0.25) is 0 Å². The van der Waals surface area contributed by atoms with Crippen LogP contribution in [0.1, 0.15) is 46.7 Å². The lowest BCUT2D eigenvalue weighted by molar-refractivity contribution is -0.139. The number of carbonyl (C=O) groups excluding carboxylic acids is 1. The first-order valence-corrected chi connectivity index (χ1v) is 8.93. The van der Waals surface area contributed by atoms with Crippen molar-refractivity contribution in [2.75, 3.05) is 13.2 Å². The van der Waals surface area contributed by atoms with Gasteiger partial charge in [-0.15, -0.1) is 0 Å². The van der Waals surface area contributed by atoms with Gasteiger partial charge in [0.25, 0.3) is 5.91 Å². The van der Waals surface area contributed by atoms with Crippen molar-refractivity contribution in [2.45, 2.75) is 31.6 Å². The van der Waals surface area contributed by atoms with Crippen molar-refractivity contribution in [1.82, 2.24) is 5.32 Å². The molecule has 0 aromatic heterocycles. The molecule has 0 spiro atoms. The van der Waals surface area contributed by atoms with Gasteiger partial charge in [0.15, 0.2) is 6.61 Å². The Morgan fingerprint density at radius 2 is 1.73 bits per heavy atom. The molecule has 1 fully saturated rings. The van der Waals surface area contributed by atoms with Gasteiger partial charge in [0, 0.05) is 12.1 Å². The van der Waals surface area contributed by atoms with Crippen LogP contribution in [0.5, 0.6) is 5.75 Å². The van der Waals surface area contributed by atoms with Crippen LogP contribution in [0.2, 0.25) is 0 Å². The summed E-state index contributed by atoms with van der Waals surface area (Å²) in [5, 5.41) is 11.5. The van der Waals surface area contributed by atoms with Gasteiger partial charge in [0.05, 0.1) is 0 Å². The zero-order chi connectivity index (χ0) is 18.4. The lowest BCUT2D eigenvalue weighted by Crippen LogP contribution is -2.25. The fourth-order valence-electron chi connectivity index (χ4n) is 2.97. The Kier molecular flexibility index (Phi) is 5.89. The van der Waals surface area contributed by atoms with Gasteiger partial charge < -0.3 is 15.2 Å². The van der Waals surface area contributed by atoms with Crippen LogP contribution in [0.25, 0.3) is 0 Å². The molecule has 136 valence electrons. The minimum Gasteiger partial charge on any atom is -0.482 e. The predicted octanol–water partition coefficient (Wildman–Crippen LogP) is 3.39. The van der Waals surface area contributed by atoms with E-state index < -0.39 is 5.97 Å². The Morgan fingerprint density at radius 3 is 2.31 bits per heavy atom. The topological polar surface area (TPSA) is 75.6 Å². The second-order valence-corrected chi connectivity index (χ2v) is 6.58. The number of rotatable bonds is 8. The molecule has 26 heavy (non-hydrogen) atoms. The van der Waals surface area contributed by atoms with Crippen molar-refractivity contribution < 1.29 is 19.4 Å². The molecule has 3 rings (SSSR count). The maximum Gasteiger partial charge on any atom is 0.341 e. The van der Waals surface area contributed by atoms with E-state index in [4.69, 9.17) is 9.84 Å². The third-order valence-electron chi connectivity index (χ3n) is 4.73. The zero-order valence-electron chi connectivity index (χ0n) is 14.6. The van der Waals surface area contributed by atoms with E-state index in [1.54, 1.807) is 12.1 Å². The molecule has 0 radical (unpaired) electrons. The summed E-state index contributed by atoms with van der Waals surface area (Å²) in [6, 6.07) is 15.1. The largest absolute Gasteiger partial charge is 0.482 e. The van der Waals surface area contributed by atoms with Crippen molar-refractivity contribution in [3.63, 3.8) is 0 Å². The quantitative estimate of drug-likeness (QED) is 0.763. The van der Waals surface area contributed by atoms with Gasteiger partial charge in [0.1, 0.15) is 5.75 Å². The van der Waals surface area contributed by atoms with Crippen molar-refractivity contribution in [2.24, 2.45) is 0 Å². The molecule has 5 heteroatoms. The van der Waals surface area contributed by atoms with E-state index in [-0.39, 0.29) is 12.5 Å². The molecule has 2 N–H and O–H groups in total. The van der Waals surface area contributed by atoms with E-state index in [1.807, 2.05) is 24.3 Å². The number of aliphatic carboxylic acids is 1. The Balaban J connectivity index is 1.43. The molecule has 5 nitrogen and oxygen atoms in total. The highest BCUT2D eigenvalue weighted by Gasteiger charge is 2.19. The van der Waals surface area contributed by atoms with Crippen LogP contribution >= 0.6 is 0 Å². The smallest absolute Gasteiger partial charge is 0.341 e. The summed E-state index contributed by atoms with van der Waals surface area (Å²) in [6.45, 7) is 0.188. The highest BCUT2D eigenvalue weighted by molar-refractivity contribution is 5.94. The molecule has 1 aliphatic carbocycles. The summed E-state index contributed by atoms with van der Waals surface area (Å²) in [5.41, 5.74) is 3.07. The van der Waals surface area contributed by atoms with Gasteiger partial charge in [-0.2, -0.15) is 0 Å². The lowest BCUT2D eigenvalue weighted by Gasteiger charge is -2.25. The fraction of sp³-hybridized carbons (Fsp3) is 0.333. The average molecular weight is 353 g/mol. The van der Waals surface area contributed by atoms with Crippen molar-refractivity contribution in [3.05, 3.63) is 65.2 Å². The first kappa shape index (κ1) is 18.0. The van der Waals surface area contributed by atoms with Crippen molar-refractivity contribution >= 4 is 11.9 Å². The average Bonchev–Trinajstić information content (AvgIpc) is 2.60. The Bertz CT molecular complexity index is 749. The summed E-state index contributed by atoms with van der Waals surface area (Å²) in [4.78, 5) is 22.7. The third kappa shape index (κ3) is 4.85. The van der Waals surface area contributed by atoms with E-state index in [0.29, 0.717) is 30.2 Å². The predicted molar refractivity (Wildman–Crippen MR) is 98.6 cm³/mol. The second-order valence-electron chi connectivity index (χ2n) is 6.58. The van der Waals surface area contributed by atoms with E-state index in [2.05, 4.69) is 17.4 Å². The maximum absolute atomic E-state index is 12.2. The minimum absolute atomic E-state index is 0.0634. The normalized spacial score (nSPS) is 13.7. The molecule has 2 aromatic rings. The number of carbonyl (C=O) groups is 2. The fourth-order valence-corrected chi connectivity index (χ4v) is 2.97. The van der Waals surface area contributed by atoms with Gasteiger partial charge >= 0.3 is 5.97 Å². The summed E-state index contributed by atoms with van der Waals surface area (Å²) in [5.74, 6) is 0.130. The van der Waals surface area contributed by atoms with Gasteiger partial charge in [-0.1, -0.05) is 30.7 Å². The van der Waals surface area contributed by atoms with E-state index >= 15 is 0 Å². The number of ether oxygens (including phenoxy) is 1. The van der Waals surface area contributed by atoms with Crippen LogP contribution in [-0.2, 0) is 11.2 Å². The number of hydrogen-bond acceptors (Lipinski definition) is 3. The Morgan fingerprint density at radius 1 is 1.04 bits per heavy atom. The van der Waals surface area contributed by atoms with Crippen molar-refractivity contribution in [1.29, 1.82) is 0 Å². The van der Waals surface area contributed by atoms with Crippen LogP contribution < -0.4 is 10.1 Å². The van der Waals surface area contributed by atoms with E-state index in [1.165, 1.54) is 24.8 Å². The molecular weight excluding hydrogens is 330 g/mol. The number of carboxylic acids is 1. The Labute approximate surface area is 153 Å². The highest BCUT2D eigenvalue weighted by Crippen LogP contribution is 2.36. The molecule has 0 aliphatic heterocycles. The monoisotopic (exact) mass is 353 g/mol. The SMILES string of the molecule is O=C(O)COc1ccc(CCNC(=O)c2ccc(C3CCC3)cc2)cc1. The molecule has 0 unspecified atom stereocenters. The summed E-state index contributed by atoms with van der Waals surface area (Å²) >= 11 is 0. The van der Waals surface area contributed by atoms with Crippen LogP contribution in [-0.4, -0.2) is 30.1 Å². The van der Waals surface area contributed by atoms with Crippen LogP contribution in [0.3, 0.4) is 0 Å². The van der Waals surface area contributed by atoms with Crippen LogP contribution in [0.15, 0.2) is 48.5 Å². The van der Waals surface area contributed by atoms with E-state index in [9.17, 15) is 9.59 Å². The van der Waals surface area contributed by atoms with Gasteiger partial charge in [-0.05, 0) is 60.6 Å². The van der Waals surface area contributed by atoms with Gasteiger partial charge in [-0.3, -0.25) is 4.79 Å². The van der Waals surface area contributed by atoms with Crippen molar-refractivity contribution in [3.8, 4) is 5.75 Å². The Hall–Kier alpha value is -2.82. The third-order valence-corrected chi connectivity index (χ3v) is 4.73. The van der Waals surface area contributed by atoms with Crippen LogP contribution in [0.4, 0.5) is 0 Å². The first-order chi connectivity index (χ1) is 12.6. The lowest BCUT2D eigenvalue weighted by atomic mass is 9.80.